The van der Waals surface area contributed by atoms with Gasteiger partial charge in [-0.2, -0.15) is 5.26 Å². The zero-order chi connectivity index (χ0) is 15.9. The molecule has 2 heterocycles. The van der Waals surface area contributed by atoms with Gasteiger partial charge in [0.25, 0.3) is 0 Å². The van der Waals surface area contributed by atoms with Crippen LogP contribution in [0.15, 0.2) is 35.7 Å². The number of fused-ring (bicyclic) bond motifs is 1. The minimum Gasteiger partial charge on any atom is -0.458 e. The van der Waals surface area contributed by atoms with E-state index in [-0.39, 0.29) is 30.0 Å². The Morgan fingerprint density at radius 1 is 1.23 bits per heavy atom. The highest BCUT2D eigenvalue weighted by Gasteiger charge is 2.46. The summed E-state index contributed by atoms with van der Waals surface area (Å²) in [4.78, 5) is 0. The van der Waals surface area contributed by atoms with Crippen molar-refractivity contribution >= 4 is 0 Å². The van der Waals surface area contributed by atoms with Gasteiger partial charge in [0.1, 0.15) is 6.07 Å². The van der Waals surface area contributed by atoms with Crippen LogP contribution in [0.5, 0.6) is 0 Å². The quantitative estimate of drug-likeness (QED) is 0.778. The molecule has 22 heavy (non-hydrogen) atoms. The number of benzene rings is 1. The average Bonchev–Trinajstić information content (AvgIpc) is 2.87. The number of nitriles is 1. The normalized spacial score (nSPS) is 30.9. The monoisotopic (exact) mass is 298 g/mol. The van der Waals surface area contributed by atoms with Crippen LogP contribution in [-0.2, 0) is 4.74 Å². The third-order valence-corrected chi connectivity index (χ3v) is 4.68. The largest absolute Gasteiger partial charge is 0.458 e. The van der Waals surface area contributed by atoms with Gasteiger partial charge in [-0.15, -0.1) is 0 Å². The van der Waals surface area contributed by atoms with Gasteiger partial charge in [0.05, 0.1) is 5.57 Å². The lowest BCUT2D eigenvalue weighted by atomic mass is 9.76. The number of hydrogen-bond donors (Lipinski definition) is 3. The Labute approximate surface area is 131 Å². The maximum atomic E-state index is 9.53. The third-order valence-electron chi connectivity index (χ3n) is 4.68. The predicted octanol–water partition coefficient (Wildman–Crippen LogP) is 2.06. The van der Waals surface area contributed by atoms with E-state index in [1.807, 2.05) is 0 Å². The fourth-order valence-corrected chi connectivity index (χ4v) is 3.39. The molecule has 0 aromatic heterocycles. The average molecular weight is 298 g/mol. The number of nitrogens with one attached hydrogen (secondary N) is 2. The number of rotatable bonds is 2. The first-order valence-corrected chi connectivity index (χ1v) is 7.70. The van der Waals surface area contributed by atoms with Gasteiger partial charge in [-0.25, -0.2) is 5.43 Å². The van der Waals surface area contributed by atoms with Gasteiger partial charge < -0.3 is 10.5 Å². The van der Waals surface area contributed by atoms with Crippen molar-refractivity contribution in [2.45, 2.75) is 44.9 Å². The van der Waals surface area contributed by atoms with Crippen LogP contribution >= 0.6 is 0 Å². The van der Waals surface area contributed by atoms with Crippen molar-refractivity contribution in [1.82, 2.24) is 10.9 Å². The van der Waals surface area contributed by atoms with E-state index < -0.39 is 0 Å². The summed E-state index contributed by atoms with van der Waals surface area (Å²) in [5.74, 6) is 0.792. The van der Waals surface area contributed by atoms with Crippen LogP contribution in [0.3, 0.4) is 0 Å². The van der Waals surface area contributed by atoms with Crippen molar-refractivity contribution in [2.75, 3.05) is 0 Å². The molecule has 0 saturated carbocycles. The molecule has 4 N–H and O–H groups in total. The lowest BCUT2D eigenvalue weighted by Crippen LogP contribution is -2.41. The second-order valence-corrected chi connectivity index (χ2v) is 6.38. The first kappa shape index (κ1) is 14.9. The maximum absolute atomic E-state index is 9.53. The Balaban J connectivity index is 2.04. The molecule has 4 atom stereocenters. The van der Waals surface area contributed by atoms with Gasteiger partial charge >= 0.3 is 0 Å². The fraction of sp³-hybridized carbons (Fsp3) is 0.471. The van der Waals surface area contributed by atoms with Crippen LogP contribution in [-0.4, -0.2) is 12.3 Å². The number of hydrazine groups is 1. The minimum absolute atomic E-state index is 0.0533. The number of hydrogen-bond acceptors (Lipinski definition) is 5. The molecule has 2 aliphatic rings. The molecule has 0 amide bonds. The number of nitrogens with two attached hydrogens (primary N) is 1. The molecule has 0 aliphatic carbocycles. The standard InChI is InChI=1S/C17H22N4O/c1-9(2)11-4-6-12(7-5-11)15-13(8-18)16(19)22-17-14(15)10(3)20-21-17/h4-7,9-10,14-15,17,20-21H,19H2,1-3H3. The van der Waals surface area contributed by atoms with E-state index in [0.29, 0.717) is 11.5 Å². The van der Waals surface area contributed by atoms with Crippen LogP contribution in [0.25, 0.3) is 0 Å². The number of ether oxygens (including phenoxy) is 1. The molecule has 3 rings (SSSR count). The van der Waals surface area contributed by atoms with Gasteiger partial charge in [0, 0.05) is 17.9 Å². The van der Waals surface area contributed by atoms with E-state index in [4.69, 9.17) is 10.5 Å². The Morgan fingerprint density at radius 2 is 1.91 bits per heavy atom. The Hall–Kier alpha value is -2.03. The topological polar surface area (TPSA) is 83.1 Å². The Kier molecular flexibility index (Phi) is 3.81. The molecule has 0 bridgehead atoms. The third kappa shape index (κ3) is 2.35. The summed E-state index contributed by atoms with van der Waals surface area (Å²) in [7, 11) is 0. The summed E-state index contributed by atoms with van der Waals surface area (Å²) in [6.07, 6.45) is -0.207. The van der Waals surface area contributed by atoms with Crippen LogP contribution in [0.1, 0.15) is 43.7 Å². The van der Waals surface area contributed by atoms with Gasteiger partial charge in [-0.3, -0.25) is 5.43 Å². The molecule has 4 unspecified atom stereocenters. The van der Waals surface area contributed by atoms with Crippen molar-refractivity contribution in [3.63, 3.8) is 0 Å². The minimum atomic E-state index is -0.207. The van der Waals surface area contributed by atoms with Crippen LogP contribution in [0, 0.1) is 17.2 Å². The molecule has 0 spiro atoms. The van der Waals surface area contributed by atoms with Crippen molar-refractivity contribution in [1.29, 1.82) is 5.26 Å². The highest BCUT2D eigenvalue weighted by Crippen LogP contribution is 2.42. The van der Waals surface area contributed by atoms with Crippen LogP contribution in [0.4, 0.5) is 0 Å². The number of allylic oxidation sites excluding steroid dienone is 1. The smallest absolute Gasteiger partial charge is 0.200 e. The second kappa shape index (κ2) is 5.64. The molecule has 1 fully saturated rings. The molecule has 1 saturated heterocycles. The van der Waals surface area contributed by atoms with Crippen molar-refractivity contribution in [3.05, 3.63) is 46.8 Å². The van der Waals surface area contributed by atoms with Crippen molar-refractivity contribution in [2.24, 2.45) is 11.7 Å². The zero-order valence-electron chi connectivity index (χ0n) is 13.1. The summed E-state index contributed by atoms with van der Waals surface area (Å²) in [6, 6.07) is 10.9. The van der Waals surface area contributed by atoms with Crippen LogP contribution in [0.2, 0.25) is 0 Å². The summed E-state index contributed by atoms with van der Waals surface area (Å²) >= 11 is 0. The molecule has 1 aromatic carbocycles. The molecule has 1 aromatic rings. The molecule has 5 nitrogen and oxygen atoms in total. The Morgan fingerprint density at radius 3 is 2.50 bits per heavy atom. The number of nitrogens with zero attached hydrogens (tertiary/aromatic N) is 1. The second-order valence-electron chi connectivity index (χ2n) is 6.38. The Bertz CT molecular complexity index is 629. The highest BCUT2D eigenvalue weighted by atomic mass is 16.5. The van der Waals surface area contributed by atoms with Crippen molar-refractivity contribution < 1.29 is 4.74 Å². The molecule has 116 valence electrons. The highest BCUT2D eigenvalue weighted by molar-refractivity contribution is 5.42. The van der Waals surface area contributed by atoms with E-state index in [9.17, 15) is 5.26 Å². The molecule has 5 heteroatoms. The lowest BCUT2D eigenvalue weighted by molar-refractivity contribution is 0.0351. The van der Waals surface area contributed by atoms with Gasteiger partial charge in [0.2, 0.25) is 5.88 Å². The summed E-state index contributed by atoms with van der Waals surface area (Å²) in [5.41, 5.74) is 15.2. The van der Waals surface area contributed by atoms with Gasteiger partial charge in [-0.1, -0.05) is 38.1 Å². The van der Waals surface area contributed by atoms with Crippen LogP contribution < -0.4 is 16.6 Å². The SMILES string of the molecule is CC(C)c1ccc(C2C(C#N)=C(N)OC3NNC(C)C32)cc1. The van der Waals surface area contributed by atoms with Gasteiger partial charge in [-0.05, 0) is 24.0 Å². The van der Waals surface area contributed by atoms with Gasteiger partial charge in [0.15, 0.2) is 6.23 Å². The molecule has 0 radical (unpaired) electrons. The predicted molar refractivity (Wildman–Crippen MR) is 84.2 cm³/mol. The van der Waals surface area contributed by atoms with E-state index in [1.54, 1.807) is 0 Å². The molecular formula is C17H22N4O. The summed E-state index contributed by atoms with van der Waals surface area (Å²) < 4.78 is 5.66. The summed E-state index contributed by atoms with van der Waals surface area (Å²) in [6.45, 7) is 6.43. The van der Waals surface area contributed by atoms with E-state index in [2.05, 4.69) is 62.0 Å². The zero-order valence-corrected chi connectivity index (χ0v) is 13.1. The molecule has 2 aliphatic heterocycles. The maximum Gasteiger partial charge on any atom is 0.200 e. The van der Waals surface area contributed by atoms with E-state index in [0.717, 1.165) is 5.56 Å². The first-order valence-electron chi connectivity index (χ1n) is 7.70. The van der Waals surface area contributed by atoms with Crippen molar-refractivity contribution in [3.8, 4) is 6.07 Å². The fourth-order valence-electron chi connectivity index (χ4n) is 3.39. The lowest BCUT2D eigenvalue weighted by Gasteiger charge is -2.35. The summed E-state index contributed by atoms with van der Waals surface area (Å²) in [5, 5.41) is 9.53. The van der Waals surface area contributed by atoms with E-state index in [1.165, 1.54) is 5.56 Å². The first-order chi connectivity index (χ1) is 10.5. The van der Waals surface area contributed by atoms with E-state index >= 15 is 0 Å². The molecular weight excluding hydrogens is 276 g/mol.